The van der Waals surface area contributed by atoms with Gasteiger partial charge in [-0.15, -0.1) is 0 Å². The number of likely N-dealkylation sites (tertiary alicyclic amines) is 1. The monoisotopic (exact) mass is 306 g/mol. The van der Waals surface area contributed by atoms with Crippen molar-refractivity contribution in [1.29, 1.82) is 0 Å². The van der Waals surface area contributed by atoms with Gasteiger partial charge >= 0.3 is 0 Å². The molecule has 22 heavy (non-hydrogen) atoms. The minimum absolute atomic E-state index is 0.187. The van der Waals surface area contributed by atoms with Gasteiger partial charge in [0.25, 0.3) is 0 Å². The third-order valence-corrected chi connectivity index (χ3v) is 5.93. The molecule has 1 aliphatic heterocycles. The zero-order chi connectivity index (χ0) is 15.7. The topological polar surface area (TPSA) is 49.4 Å². The maximum atomic E-state index is 12.3. The van der Waals surface area contributed by atoms with E-state index in [2.05, 4.69) is 24.1 Å². The molecule has 0 spiro atoms. The second kappa shape index (κ2) is 6.59. The average molecular weight is 306 g/mol. The summed E-state index contributed by atoms with van der Waals surface area (Å²) in [7, 11) is 0. The first kappa shape index (κ1) is 15.8. The number of unbranched alkanes of at least 4 members (excludes halogenated alkanes) is 2. The molecule has 0 unspecified atom stereocenters. The van der Waals surface area contributed by atoms with E-state index in [1.165, 1.54) is 12.8 Å². The number of nitrogens with zero attached hydrogens (tertiary/aromatic N) is 1. The first-order chi connectivity index (χ1) is 10.6. The third-order valence-electron chi connectivity index (χ3n) is 5.93. The molecule has 3 fully saturated rings. The fourth-order valence-electron chi connectivity index (χ4n) is 4.57. The Morgan fingerprint density at radius 1 is 1.32 bits per heavy atom. The van der Waals surface area contributed by atoms with E-state index in [1.54, 1.807) is 0 Å². The van der Waals surface area contributed by atoms with Crippen molar-refractivity contribution in [3.63, 3.8) is 0 Å². The SMILES string of the molecule is CCCCCC(=O)NC[C@H]1[C@@H]2CC(=O)N(C3CC3)[C@@H]2C[C@@H]1C. The van der Waals surface area contributed by atoms with Crippen LogP contribution in [0.5, 0.6) is 0 Å². The van der Waals surface area contributed by atoms with Crippen LogP contribution in [0, 0.1) is 17.8 Å². The molecule has 2 aliphatic carbocycles. The van der Waals surface area contributed by atoms with Gasteiger partial charge in [-0.25, -0.2) is 0 Å². The van der Waals surface area contributed by atoms with Crippen LogP contribution in [0.25, 0.3) is 0 Å². The van der Waals surface area contributed by atoms with Gasteiger partial charge < -0.3 is 10.2 Å². The molecule has 1 heterocycles. The second-order valence-electron chi connectivity index (χ2n) is 7.61. The summed E-state index contributed by atoms with van der Waals surface area (Å²) in [5, 5.41) is 3.13. The van der Waals surface area contributed by atoms with E-state index >= 15 is 0 Å². The molecular weight excluding hydrogens is 276 g/mol. The summed E-state index contributed by atoms with van der Waals surface area (Å²) in [4.78, 5) is 26.4. The number of fused-ring (bicyclic) bond motifs is 1. The quantitative estimate of drug-likeness (QED) is 0.735. The predicted molar refractivity (Wildman–Crippen MR) is 86.2 cm³/mol. The van der Waals surface area contributed by atoms with E-state index in [4.69, 9.17) is 0 Å². The average Bonchev–Trinajstić information content (AvgIpc) is 3.19. The summed E-state index contributed by atoms with van der Waals surface area (Å²) in [5.41, 5.74) is 0. The fraction of sp³-hybridized carbons (Fsp3) is 0.889. The lowest BCUT2D eigenvalue weighted by Gasteiger charge is -2.24. The molecule has 2 saturated carbocycles. The summed E-state index contributed by atoms with van der Waals surface area (Å²) in [6.45, 7) is 5.21. The normalized spacial score (nSPS) is 34.1. The molecule has 2 amide bonds. The largest absolute Gasteiger partial charge is 0.356 e. The van der Waals surface area contributed by atoms with Crippen molar-refractivity contribution in [3.8, 4) is 0 Å². The van der Waals surface area contributed by atoms with Crippen molar-refractivity contribution >= 4 is 11.8 Å². The van der Waals surface area contributed by atoms with Crippen LogP contribution in [0.15, 0.2) is 0 Å². The first-order valence-corrected chi connectivity index (χ1v) is 9.19. The van der Waals surface area contributed by atoms with E-state index in [-0.39, 0.29) is 5.91 Å². The maximum Gasteiger partial charge on any atom is 0.223 e. The Bertz CT molecular complexity index is 433. The standard InChI is InChI=1S/C18H30N2O2/c1-3-4-5-6-17(21)19-11-15-12(2)9-16-14(15)10-18(22)20(16)13-7-8-13/h12-16H,3-11H2,1-2H3,(H,19,21)/t12-,14-,15+,16+/m0/s1. The summed E-state index contributed by atoms with van der Waals surface area (Å²) in [5.74, 6) is 2.11. The summed E-state index contributed by atoms with van der Waals surface area (Å²) < 4.78 is 0. The molecule has 0 radical (unpaired) electrons. The molecule has 1 saturated heterocycles. The lowest BCUT2D eigenvalue weighted by molar-refractivity contribution is -0.129. The molecule has 4 heteroatoms. The van der Waals surface area contributed by atoms with Crippen molar-refractivity contribution < 1.29 is 9.59 Å². The van der Waals surface area contributed by atoms with Crippen LogP contribution in [-0.4, -0.2) is 35.3 Å². The predicted octanol–water partition coefficient (Wildman–Crippen LogP) is 2.72. The van der Waals surface area contributed by atoms with Crippen molar-refractivity contribution in [1.82, 2.24) is 10.2 Å². The van der Waals surface area contributed by atoms with Crippen LogP contribution < -0.4 is 5.32 Å². The Labute approximate surface area is 134 Å². The van der Waals surface area contributed by atoms with Gasteiger partial charge in [0.05, 0.1) is 0 Å². The van der Waals surface area contributed by atoms with Gasteiger partial charge in [-0.1, -0.05) is 26.7 Å². The van der Waals surface area contributed by atoms with E-state index in [0.717, 1.165) is 32.2 Å². The molecule has 0 bridgehead atoms. The zero-order valence-electron chi connectivity index (χ0n) is 14.0. The molecule has 0 aromatic rings. The number of carbonyl (C=O) groups excluding carboxylic acids is 2. The Hall–Kier alpha value is -1.06. The van der Waals surface area contributed by atoms with Crippen LogP contribution in [0.4, 0.5) is 0 Å². The number of rotatable bonds is 7. The smallest absolute Gasteiger partial charge is 0.223 e. The lowest BCUT2D eigenvalue weighted by Crippen LogP contribution is -2.36. The van der Waals surface area contributed by atoms with Gasteiger partial charge in [0.1, 0.15) is 0 Å². The Morgan fingerprint density at radius 2 is 2.09 bits per heavy atom. The van der Waals surface area contributed by atoms with Crippen LogP contribution in [0.1, 0.15) is 65.2 Å². The van der Waals surface area contributed by atoms with Gasteiger partial charge in [-0.3, -0.25) is 9.59 Å². The summed E-state index contributed by atoms with van der Waals surface area (Å²) in [6.07, 6.45) is 8.15. The van der Waals surface area contributed by atoms with Crippen molar-refractivity contribution in [2.75, 3.05) is 6.54 Å². The van der Waals surface area contributed by atoms with Gasteiger partial charge in [-0.05, 0) is 43.4 Å². The fourth-order valence-corrected chi connectivity index (χ4v) is 4.57. The summed E-state index contributed by atoms with van der Waals surface area (Å²) in [6, 6.07) is 0.995. The second-order valence-corrected chi connectivity index (χ2v) is 7.61. The van der Waals surface area contributed by atoms with Crippen LogP contribution in [0.3, 0.4) is 0 Å². The number of amides is 2. The van der Waals surface area contributed by atoms with Crippen molar-refractivity contribution in [3.05, 3.63) is 0 Å². The Balaban J connectivity index is 1.51. The third kappa shape index (κ3) is 3.16. The highest BCUT2D eigenvalue weighted by Gasteiger charge is 2.53. The molecule has 0 aromatic heterocycles. The zero-order valence-corrected chi connectivity index (χ0v) is 14.0. The Kier molecular flexibility index (Phi) is 4.74. The molecule has 4 atom stereocenters. The molecule has 0 aromatic carbocycles. The molecule has 1 N–H and O–H groups in total. The van der Waals surface area contributed by atoms with Gasteiger partial charge in [0.2, 0.25) is 11.8 Å². The molecule has 124 valence electrons. The highest BCUT2D eigenvalue weighted by Crippen LogP contribution is 2.49. The van der Waals surface area contributed by atoms with Gasteiger partial charge in [0, 0.05) is 31.5 Å². The van der Waals surface area contributed by atoms with E-state index in [0.29, 0.717) is 48.6 Å². The molecule has 3 aliphatic rings. The highest BCUT2D eigenvalue weighted by atomic mass is 16.2. The van der Waals surface area contributed by atoms with E-state index in [1.807, 2.05) is 0 Å². The first-order valence-electron chi connectivity index (χ1n) is 9.19. The Morgan fingerprint density at radius 3 is 2.77 bits per heavy atom. The number of hydrogen-bond donors (Lipinski definition) is 1. The molecule has 3 rings (SSSR count). The summed E-state index contributed by atoms with van der Waals surface area (Å²) >= 11 is 0. The molecule has 4 nitrogen and oxygen atoms in total. The number of hydrogen-bond acceptors (Lipinski definition) is 2. The van der Waals surface area contributed by atoms with E-state index < -0.39 is 0 Å². The lowest BCUT2D eigenvalue weighted by atomic mass is 9.88. The van der Waals surface area contributed by atoms with Crippen LogP contribution in [0.2, 0.25) is 0 Å². The van der Waals surface area contributed by atoms with E-state index in [9.17, 15) is 9.59 Å². The maximum absolute atomic E-state index is 12.3. The van der Waals surface area contributed by atoms with Crippen LogP contribution in [-0.2, 0) is 9.59 Å². The molecular formula is C18H30N2O2. The van der Waals surface area contributed by atoms with Crippen molar-refractivity contribution in [2.24, 2.45) is 17.8 Å². The van der Waals surface area contributed by atoms with Crippen LogP contribution >= 0.6 is 0 Å². The highest BCUT2D eigenvalue weighted by molar-refractivity contribution is 5.80. The minimum Gasteiger partial charge on any atom is -0.356 e. The number of nitrogens with one attached hydrogen (secondary N) is 1. The van der Waals surface area contributed by atoms with Gasteiger partial charge in [0.15, 0.2) is 0 Å². The van der Waals surface area contributed by atoms with Gasteiger partial charge in [-0.2, -0.15) is 0 Å². The minimum atomic E-state index is 0.187. The van der Waals surface area contributed by atoms with Crippen molar-refractivity contribution in [2.45, 2.75) is 77.3 Å². The number of carbonyl (C=O) groups is 2.